The smallest absolute Gasteiger partial charge is 0.264 e. The molecule has 2 aliphatic rings. The Hall–Kier alpha value is -1.90. The molecule has 0 aromatic heterocycles. The van der Waals surface area contributed by atoms with Gasteiger partial charge < -0.3 is 10.2 Å². The van der Waals surface area contributed by atoms with E-state index in [0.29, 0.717) is 15.6 Å². The van der Waals surface area contributed by atoms with Crippen molar-refractivity contribution >= 4 is 77.6 Å². The van der Waals surface area contributed by atoms with E-state index in [1.807, 2.05) is 42.5 Å². The highest BCUT2D eigenvalue weighted by Gasteiger charge is 2.38. The van der Waals surface area contributed by atoms with Gasteiger partial charge in [-0.3, -0.25) is 9.59 Å². The van der Waals surface area contributed by atoms with Crippen LogP contribution in [0, 0.1) is 0 Å². The lowest BCUT2D eigenvalue weighted by Gasteiger charge is -2.08. The van der Waals surface area contributed by atoms with Crippen molar-refractivity contribution in [3.8, 4) is 0 Å². The Bertz CT molecular complexity index is 1020. The molecule has 130 valence electrons. The van der Waals surface area contributed by atoms with E-state index >= 15 is 0 Å². The molecule has 26 heavy (non-hydrogen) atoms. The summed E-state index contributed by atoms with van der Waals surface area (Å²) in [4.78, 5) is 31.6. The van der Waals surface area contributed by atoms with Crippen molar-refractivity contribution in [2.45, 2.75) is 0 Å². The van der Waals surface area contributed by atoms with Crippen LogP contribution in [0.3, 0.4) is 0 Å². The fourth-order valence-corrected chi connectivity index (χ4v) is 4.34. The normalized spacial score (nSPS) is 20.7. The molecule has 0 aliphatic carbocycles. The summed E-state index contributed by atoms with van der Waals surface area (Å²) in [5.74, 6) is -0.504. The lowest BCUT2D eigenvalue weighted by atomic mass is 10.1. The number of benzene rings is 2. The molecule has 5 nitrogen and oxygen atoms in total. The number of carbonyl (C=O) groups excluding carboxylic acids is 2. The predicted octanol–water partition coefficient (Wildman–Crippen LogP) is 4.45. The first-order valence-corrected chi connectivity index (χ1v) is 10.00. The number of hydrogen-bond donors (Lipinski definition) is 1. The summed E-state index contributed by atoms with van der Waals surface area (Å²) >= 11 is 7.99. The maximum Gasteiger partial charge on any atom is 0.264 e. The number of amidine groups is 1. The molecule has 1 fully saturated rings. The largest absolute Gasteiger partial charge is 0.311 e. The molecule has 2 aromatic carbocycles. The Morgan fingerprint density at radius 3 is 2.46 bits per heavy atom. The number of likely N-dealkylation sites (N-methyl/N-ethyl adjacent to an activating group) is 1. The standard InChI is InChI=1S/C18H11Br2N3O2S/c1-23-13-7-4-10(20)8-12(13)14(17(23)25)15-16(24)22-18(26-15)21-11-5-2-9(19)3-6-11/h2-8H,1H3,(H,21,22,24)/b15-14-. The number of fused-ring (bicyclic) bond motifs is 1. The minimum absolute atomic E-state index is 0.194. The van der Waals surface area contributed by atoms with Gasteiger partial charge in [0.05, 0.1) is 21.9 Å². The Morgan fingerprint density at radius 2 is 1.73 bits per heavy atom. The molecule has 2 amide bonds. The van der Waals surface area contributed by atoms with Gasteiger partial charge in [0.25, 0.3) is 11.8 Å². The molecule has 0 spiro atoms. The van der Waals surface area contributed by atoms with Crippen molar-refractivity contribution in [1.29, 1.82) is 0 Å². The molecule has 0 bridgehead atoms. The highest BCUT2D eigenvalue weighted by atomic mass is 79.9. The van der Waals surface area contributed by atoms with Gasteiger partial charge in [-0.2, -0.15) is 0 Å². The van der Waals surface area contributed by atoms with E-state index in [1.54, 1.807) is 11.9 Å². The predicted molar refractivity (Wildman–Crippen MR) is 111 cm³/mol. The lowest BCUT2D eigenvalue weighted by molar-refractivity contribution is -0.116. The average molecular weight is 493 g/mol. The van der Waals surface area contributed by atoms with Gasteiger partial charge in [-0.1, -0.05) is 31.9 Å². The maximum atomic E-state index is 12.7. The van der Waals surface area contributed by atoms with Crippen molar-refractivity contribution in [3.05, 3.63) is 61.9 Å². The van der Waals surface area contributed by atoms with E-state index in [9.17, 15) is 9.59 Å². The van der Waals surface area contributed by atoms with Gasteiger partial charge in [-0.15, -0.1) is 0 Å². The van der Waals surface area contributed by atoms with Crippen LogP contribution in [-0.2, 0) is 9.59 Å². The molecule has 1 N–H and O–H groups in total. The van der Waals surface area contributed by atoms with E-state index in [0.717, 1.165) is 25.9 Å². The zero-order chi connectivity index (χ0) is 18.4. The molecule has 0 saturated carbocycles. The van der Waals surface area contributed by atoms with Crippen LogP contribution in [0.25, 0.3) is 5.57 Å². The summed E-state index contributed by atoms with van der Waals surface area (Å²) in [7, 11) is 1.71. The van der Waals surface area contributed by atoms with Crippen LogP contribution < -0.4 is 10.2 Å². The van der Waals surface area contributed by atoms with Gasteiger partial charge in [0.2, 0.25) is 0 Å². The Balaban J connectivity index is 1.76. The zero-order valence-corrected chi connectivity index (χ0v) is 17.4. The van der Waals surface area contributed by atoms with Gasteiger partial charge in [0.1, 0.15) is 0 Å². The number of nitrogens with one attached hydrogen (secondary N) is 1. The SMILES string of the molecule is CN1C(=O)/C(=C2\SC(=Nc3ccc(Br)cc3)NC2=O)c2cc(Br)ccc21. The van der Waals surface area contributed by atoms with Crippen molar-refractivity contribution in [2.75, 3.05) is 11.9 Å². The number of hydrogen-bond acceptors (Lipinski definition) is 4. The zero-order valence-electron chi connectivity index (χ0n) is 13.4. The first kappa shape index (κ1) is 17.5. The monoisotopic (exact) mass is 491 g/mol. The van der Waals surface area contributed by atoms with Crippen LogP contribution in [0.2, 0.25) is 0 Å². The molecule has 1 saturated heterocycles. The number of rotatable bonds is 1. The third-order valence-corrected chi connectivity index (χ3v) is 6.02. The summed E-state index contributed by atoms with van der Waals surface area (Å²) in [6.45, 7) is 0. The molecule has 0 unspecified atom stereocenters. The summed E-state index contributed by atoms with van der Waals surface area (Å²) in [6.07, 6.45) is 0. The number of aliphatic imine (C=N–C) groups is 1. The first-order valence-electron chi connectivity index (χ1n) is 7.60. The first-order chi connectivity index (χ1) is 12.4. The van der Waals surface area contributed by atoms with Crippen molar-refractivity contribution in [3.63, 3.8) is 0 Å². The molecule has 2 heterocycles. The average Bonchev–Trinajstić information content (AvgIpc) is 3.07. The van der Waals surface area contributed by atoms with Gasteiger partial charge in [-0.05, 0) is 54.2 Å². The highest BCUT2D eigenvalue weighted by Crippen LogP contribution is 2.43. The fraction of sp³-hybridized carbons (Fsp3) is 0.0556. The molecule has 0 atom stereocenters. The summed E-state index contributed by atoms with van der Waals surface area (Å²) in [5.41, 5.74) is 2.66. The van der Waals surface area contributed by atoms with E-state index in [4.69, 9.17) is 0 Å². The van der Waals surface area contributed by atoms with E-state index < -0.39 is 0 Å². The van der Waals surface area contributed by atoms with E-state index in [2.05, 4.69) is 42.2 Å². The lowest BCUT2D eigenvalue weighted by Crippen LogP contribution is -2.23. The van der Waals surface area contributed by atoms with Crippen molar-refractivity contribution < 1.29 is 9.59 Å². The minimum atomic E-state index is -0.310. The van der Waals surface area contributed by atoms with E-state index in [1.165, 1.54) is 11.8 Å². The second-order valence-corrected chi connectivity index (χ2v) is 8.51. The molecular formula is C18H11Br2N3O2S. The molecule has 4 rings (SSSR count). The van der Waals surface area contributed by atoms with Crippen molar-refractivity contribution in [2.24, 2.45) is 4.99 Å². The number of halogens is 2. The Kier molecular flexibility index (Phi) is 4.50. The van der Waals surface area contributed by atoms with Crippen LogP contribution in [-0.4, -0.2) is 24.0 Å². The van der Waals surface area contributed by atoms with Crippen LogP contribution in [0.1, 0.15) is 5.56 Å². The Morgan fingerprint density at radius 1 is 1.04 bits per heavy atom. The molecule has 0 radical (unpaired) electrons. The third kappa shape index (κ3) is 3.02. The summed E-state index contributed by atoms with van der Waals surface area (Å²) in [5, 5.41) is 3.20. The third-order valence-electron chi connectivity index (χ3n) is 4.02. The summed E-state index contributed by atoms with van der Waals surface area (Å²) < 4.78 is 1.80. The van der Waals surface area contributed by atoms with Gasteiger partial charge in [0.15, 0.2) is 5.17 Å². The van der Waals surface area contributed by atoms with Gasteiger partial charge >= 0.3 is 0 Å². The number of thioether (sulfide) groups is 1. The topological polar surface area (TPSA) is 61.8 Å². The molecular weight excluding hydrogens is 482 g/mol. The Labute approximate surface area is 170 Å². The fourth-order valence-electron chi connectivity index (χ4n) is 2.78. The second-order valence-electron chi connectivity index (χ2n) is 5.68. The van der Waals surface area contributed by atoms with Crippen LogP contribution in [0.5, 0.6) is 0 Å². The van der Waals surface area contributed by atoms with E-state index in [-0.39, 0.29) is 11.8 Å². The van der Waals surface area contributed by atoms with Crippen LogP contribution in [0.15, 0.2) is 61.3 Å². The quantitative estimate of drug-likeness (QED) is 0.598. The minimum Gasteiger partial charge on any atom is -0.311 e. The van der Waals surface area contributed by atoms with Crippen molar-refractivity contribution in [1.82, 2.24) is 5.32 Å². The molecule has 2 aliphatic heterocycles. The van der Waals surface area contributed by atoms with Crippen LogP contribution in [0.4, 0.5) is 11.4 Å². The number of amides is 2. The number of nitrogens with zero attached hydrogens (tertiary/aromatic N) is 2. The molecule has 8 heteroatoms. The molecule has 2 aromatic rings. The summed E-state index contributed by atoms with van der Waals surface area (Å²) in [6, 6.07) is 13.0. The highest BCUT2D eigenvalue weighted by molar-refractivity contribution is 9.10. The number of anilines is 1. The van der Waals surface area contributed by atoms with Crippen LogP contribution >= 0.6 is 43.6 Å². The van der Waals surface area contributed by atoms with Gasteiger partial charge in [0, 0.05) is 21.6 Å². The maximum absolute atomic E-state index is 12.7. The van der Waals surface area contributed by atoms with Gasteiger partial charge in [-0.25, -0.2) is 4.99 Å². The second kappa shape index (κ2) is 6.68. The number of carbonyl (C=O) groups is 2.